The van der Waals surface area contributed by atoms with Gasteiger partial charge in [-0.2, -0.15) is 0 Å². The molecule has 0 saturated carbocycles. The normalized spacial score (nSPS) is 11.2. The quantitative estimate of drug-likeness (QED) is 0.545. The van der Waals surface area contributed by atoms with Gasteiger partial charge in [-0.1, -0.05) is 38.3 Å². The summed E-state index contributed by atoms with van der Waals surface area (Å²) in [5.74, 6) is -0.453. The number of imidazole rings is 1. The molecular formula is C22H28ClN5O3. The predicted octanol–water partition coefficient (Wildman–Crippen LogP) is 3.56. The molecule has 0 atom stereocenters. The van der Waals surface area contributed by atoms with Gasteiger partial charge in [0.25, 0.3) is 5.56 Å². The van der Waals surface area contributed by atoms with Crippen molar-refractivity contribution in [1.29, 1.82) is 0 Å². The van der Waals surface area contributed by atoms with Crippen LogP contribution in [0, 0.1) is 6.92 Å². The summed E-state index contributed by atoms with van der Waals surface area (Å²) in [6.07, 6.45) is 5.11. The van der Waals surface area contributed by atoms with Crippen LogP contribution in [0.1, 0.15) is 45.1 Å². The summed E-state index contributed by atoms with van der Waals surface area (Å²) in [4.78, 5) is 43.4. The Kier molecular flexibility index (Phi) is 7.33. The number of carbonyl (C=O) groups is 1. The van der Waals surface area contributed by atoms with Crippen molar-refractivity contribution < 1.29 is 4.79 Å². The van der Waals surface area contributed by atoms with Gasteiger partial charge in [0.15, 0.2) is 11.2 Å². The van der Waals surface area contributed by atoms with E-state index >= 15 is 0 Å². The zero-order valence-corrected chi connectivity index (χ0v) is 18.9. The summed E-state index contributed by atoms with van der Waals surface area (Å²) < 4.78 is 4.28. The molecular weight excluding hydrogens is 418 g/mol. The van der Waals surface area contributed by atoms with Crippen molar-refractivity contribution >= 4 is 34.4 Å². The molecule has 0 unspecified atom stereocenters. The molecule has 0 saturated heterocycles. The molecule has 0 spiro atoms. The Morgan fingerprint density at radius 1 is 1.10 bits per heavy atom. The Balaban J connectivity index is 2.02. The van der Waals surface area contributed by atoms with Gasteiger partial charge in [0.2, 0.25) is 5.91 Å². The first-order valence-electron chi connectivity index (χ1n) is 10.6. The molecule has 1 aromatic carbocycles. The van der Waals surface area contributed by atoms with Crippen LogP contribution in [-0.2, 0) is 24.4 Å². The molecule has 9 heteroatoms. The number of halogens is 1. The van der Waals surface area contributed by atoms with E-state index in [1.165, 1.54) is 4.57 Å². The van der Waals surface area contributed by atoms with Gasteiger partial charge >= 0.3 is 5.69 Å². The second-order valence-electron chi connectivity index (χ2n) is 7.65. The average molecular weight is 446 g/mol. The Hall–Kier alpha value is -2.87. The van der Waals surface area contributed by atoms with Crippen LogP contribution in [0.15, 0.2) is 34.1 Å². The number of aromatic nitrogens is 4. The number of hydrogen-bond donors (Lipinski definition) is 1. The first kappa shape index (κ1) is 22.8. The van der Waals surface area contributed by atoms with Crippen molar-refractivity contribution in [2.45, 2.75) is 66.1 Å². The second kappa shape index (κ2) is 9.96. The van der Waals surface area contributed by atoms with E-state index in [1.54, 1.807) is 29.1 Å². The number of benzene rings is 1. The smallest absolute Gasteiger partial charge is 0.325 e. The molecule has 0 radical (unpaired) electrons. The number of fused-ring (bicyclic) bond motifs is 1. The minimum absolute atomic E-state index is 0.361. The zero-order chi connectivity index (χ0) is 22.5. The molecule has 3 rings (SSSR count). The SMILES string of the molecule is CCCCn1cnc2c1c(=O)n(CC(=O)Nc1ccc(Cl)cc1C)c(=O)n2CCCC. The molecule has 3 aromatic rings. The average Bonchev–Trinajstić information content (AvgIpc) is 3.15. The highest BCUT2D eigenvalue weighted by molar-refractivity contribution is 6.30. The van der Waals surface area contributed by atoms with Crippen LogP contribution < -0.4 is 16.6 Å². The first-order valence-corrected chi connectivity index (χ1v) is 11.0. The third kappa shape index (κ3) is 4.90. The van der Waals surface area contributed by atoms with E-state index in [9.17, 15) is 14.4 Å². The van der Waals surface area contributed by atoms with Crippen molar-refractivity contribution in [3.8, 4) is 0 Å². The third-order valence-corrected chi connectivity index (χ3v) is 5.47. The van der Waals surface area contributed by atoms with Crippen LogP contribution in [-0.4, -0.2) is 24.6 Å². The molecule has 0 aliphatic carbocycles. The molecule has 31 heavy (non-hydrogen) atoms. The summed E-state index contributed by atoms with van der Waals surface area (Å²) in [6, 6.07) is 5.10. The van der Waals surface area contributed by atoms with Crippen molar-refractivity contribution in [2.24, 2.45) is 0 Å². The van der Waals surface area contributed by atoms with Gasteiger partial charge in [-0.3, -0.25) is 14.2 Å². The van der Waals surface area contributed by atoms with E-state index in [0.29, 0.717) is 35.0 Å². The van der Waals surface area contributed by atoms with Gasteiger partial charge in [-0.25, -0.2) is 14.3 Å². The van der Waals surface area contributed by atoms with Gasteiger partial charge in [-0.05, 0) is 43.5 Å². The monoisotopic (exact) mass is 445 g/mol. The fourth-order valence-electron chi connectivity index (χ4n) is 3.49. The summed E-state index contributed by atoms with van der Waals surface area (Å²) in [5.41, 5.74) is 1.10. The standard InChI is InChI=1S/C22H28ClN5O3/c1-4-6-10-26-14-24-20-19(26)21(30)28(22(31)27(20)11-7-5-2)13-18(29)25-17-9-8-16(23)12-15(17)3/h8-9,12,14H,4-7,10-11,13H2,1-3H3,(H,25,29). The lowest BCUT2D eigenvalue weighted by Gasteiger charge is -2.13. The predicted molar refractivity (Wildman–Crippen MR) is 123 cm³/mol. The van der Waals surface area contributed by atoms with E-state index in [-0.39, 0.29) is 6.54 Å². The number of carbonyl (C=O) groups excluding carboxylic acids is 1. The molecule has 2 heterocycles. The number of hydrogen-bond acceptors (Lipinski definition) is 4. The van der Waals surface area contributed by atoms with Crippen LogP contribution >= 0.6 is 11.6 Å². The summed E-state index contributed by atoms with van der Waals surface area (Å²) in [5, 5.41) is 3.33. The van der Waals surface area contributed by atoms with Crippen LogP contribution in [0.3, 0.4) is 0 Å². The van der Waals surface area contributed by atoms with E-state index in [1.807, 2.05) is 13.8 Å². The Bertz CT molecular complexity index is 1210. The summed E-state index contributed by atoms with van der Waals surface area (Å²) >= 11 is 5.97. The van der Waals surface area contributed by atoms with Gasteiger partial charge in [0.1, 0.15) is 6.54 Å². The van der Waals surface area contributed by atoms with E-state index in [4.69, 9.17) is 11.6 Å². The third-order valence-electron chi connectivity index (χ3n) is 5.24. The fourth-order valence-corrected chi connectivity index (χ4v) is 3.72. The topological polar surface area (TPSA) is 90.9 Å². The molecule has 0 fully saturated rings. The summed E-state index contributed by atoms with van der Waals surface area (Å²) in [6.45, 7) is 6.61. The van der Waals surface area contributed by atoms with Gasteiger partial charge < -0.3 is 9.88 Å². The van der Waals surface area contributed by atoms with Crippen LogP contribution in [0.5, 0.6) is 0 Å². The van der Waals surface area contributed by atoms with Crippen LogP contribution in [0.25, 0.3) is 11.2 Å². The molecule has 2 aromatic heterocycles. The van der Waals surface area contributed by atoms with Gasteiger partial charge in [-0.15, -0.1) is 0 Å². The number of aryl methyl sites for hydroxylation is 3. The maximum Gasteiger partial charge on any atom is 0.333 e. The molecule has 166 valence electrons. The second-order valence-corrected chi connectivity index (χ2v) is 8.09. The number of anilines is 1. The summed E-state index contributed by atoms with van der Waals surface area (Å²) in [7, 11) is 0. The Labute approximate surface area is 185 Å². The Morgan fingerprint density at radius 3 is 2.48 bits per heavy atom. The lowest BCUT2D eigenvalue weighted by Crippen LogP contribution is -2.43. The largest absolute Gasteiger partial charge is 0.333 e. The Morgan fingerprint density at radius 2 is 1.81 bits per heavy atom. The van der Waals surface area contributed by atoms with Crippen molar-refractivity contribution in [2.75, 3.05) is 5.32 Å². The number of rotatable bonds is 9. The number of nitrogens with zero attached hydrogens (tertiary/aromatic N) is 4. The van der Waals surface area contributed by atoms with Crippen molar-refractivity contribution in [3.63, 3.8) is 0 Å². The molecule has 0 aliphatic rings. The molecule has 0 bridgehead atoms. The number of amides is 1. The van der Waals surface area contributed by atoms with Crippen LogP contribution in [0.2, 0.25) is 5.02 Å². The maximum atomic E-state index is 13.2. The fraction of sp³-hybridized carbons (Fsp3) is 0.455. The van der Waals surface area contributed by atoms with Crippen molar-refractivity contribution in [1.82, 2.24) is 18.7 Å². The molecule has 1 amide bonds. The molecule has 1 N–H and O–H groups in total. The lowest BCUT2D eigenvalue weighted by atomic mass is 10.2. The minimum atomic E-state index is -0.519. The zero-order valence-electron chi connectivity index (χ0n) is 18.2. The molecule has 0 aliphatic heterocycles. The highest BCUT2D eigenvalue weighted by Crippen LogP contribution is 2.19. The highest BCUT2D eigenvalue weighted by Gasteiger charge is 2.19. The highest BCUT2D eigenvalue weighted by atomic mass is 35.5. The van der Waals surface area contributed by atoms with Crippen LogP contribution in [0.4, 0.5) is 5.69 Å². The minimum Gasteiger partial charge on any atom is -0.325 e. The van der Waals surface area contributed by atoms with Crippen molar-refractivity contribution in [3.05, 3.63) is 56.0 Å². The van der Waals surface area contributed by atoms with E-state index in [0.717, 1.165) is 35.8 Å². The maximum absolute atomic E-state index is 13.2. The lowest BCUT2D eigenvalue weighted by molar-refractivity contribution is -0.116. The first-order chi connectivity index (χ1) is 14.9. The van der Waals surface area contributed by atoms with E-state index in [2.05, 4.69) is 17.2 Å². The van der Waals surface area contributed by atoms with E-state index < -0.39 is 17.2 Å². The van der Waals surface area contributed by atoms with Gasteiger partial charge in [0.05, 0.1) is 6.33 Å². The van der Waals surface area contributed by atoms with Gasteiger partial charge in [0, 0.05) is 23.8 Å². The number of unbranched alkanes of at least 4 members (excludes halogenated alkanes) is 2. The molecule has 8 nitrogen and oxygen atoms in total. The number of nitrogens with one attached hydrogen (secondary N) is 1.